The van der Waals surface area contributed by atoms with Crippen LogP contribution in [0.15, 0.2) is 0 Å². The number of rotatable bonds is 2. The minimum absolute atomic E-state index is 0.218. The lowest BCUT2D eigenvalue weighted by molar-refractivity contribution is -0.918. The molecular formula is C9H19N2O2+. The molecule has 1 rings (SSSR count). The first kappa shape index (κ1) is 10.5. The van der Waals surface area contributed by atoms with Gasteiger partial charge < -0.3 is 9.59 Å². The number of hydrogen-bond donors (Lipinski definition) is 1. The zero-order valence-electron chi connectivity index (χ0n) is 8.82. The van der Waals surface area contributed by atoms with E-state index in [-0.39, 0.29) is 6.54 Å². The number of quaternary nitrogens is 1. The SMILES string of the molecule is CC1C[N+](C)(CC(=O)O)C(C)N1C. The summed E-state index contributed by atoms with van der Waals surface area (Å²) >= 11 is 0. The van der Waals surface area contributed by atoms with E-state index in [0.717, 1.165) is 6.54 Å². The summed E-state index contributed by atoms with van der Waals surface area (Å²) in [5, 5.41) is 8.80. The molecule has 13 heavy (non-hydrogen) atoms. The summed E-state index contributed by atoms with van der Waals surface area (Å²) < 4.78 is 0.618. The zero-order valence-corrected chi connectivity index (χ0v) is 8.82. The predicted octanol–water partition coefficient (Wildman–Crippen LogP) is 0.198. The molecule has 3 unspecified atom stereocenters. The molecule has 0 aromatic rings. The third-order valence-electron chi connectivity index (χ3n) is 3.36. The van der Waals surface area contributed by atoms with Crippen molar-refractivity contribution < 1.29 is 14.4 Å². The molecule has 1 heterocycles. The van der Waals surface area contributed by atoms with E-state index in [1.165, 1.54) is 0 Å². The highest BCUT2D eigenvalue weighted by atomic mass is 16.4. The molecule has 0 radical (unpaired) electrons. The molecule has 1 saturated heterocycles. The van der Waals surface area contributed by atoms with E-state index in [1.54, 1.807) is 0 Å². The summed E-state index contributed by atoms with van der Waals surface area (Å²) in [6.07, 6.45) is 0.297. The van der Waals surface area contributed by atoms with Crippen molar-refractivity contribution in [2.24, 2.45) is 0 Å². The monoisotopic (exact) mass is 187 g/mol. The second kappa shape index (κ2) is 3.27. The fourth-order valence-electron chi connectivity index (χ4n) is 2.20. The third-order valence-corrected chi connectivity index (χ3v) is 3.36. The van der Waals surface area contributed by atoms with Crippen molar-refractivity contribution in [1.29, 1.82) is 0 Å². The van der Waals surface area contributed by atoms with Gasteiger partial charge in [0, 0.05) is 6.92 Å². The zero-order chi connectivity index (χ0) is 10.2. The molecule has 0 amide bonds. The lowest BCUT2D eigenvalue weighted by atomic mass is 10.3. The van der Waals surface area contributed by atoms with Crippen molar-refractivity contribution in [2.75, 3.05) is 27.2 Å². The Kier molecular flexibility index (Phi) is 2.63. The molecule has 0 aromatic heterocycles. The fourth-order valence-corrected chi connectivity index (χ4v) is 2.20. The number of aliphatic carboxylic acids is 1. The Bertz CT molecular complexity index is 220. The van der Waals surface area contributed by atoms with E-state index in [2.05, 4.69) is 25.8 Å². The lowest BCUT2D eigenvalue weighted by Gasteiger charge is -2.33. The van der Waals surface area contributed by atoms with Gasteiger partial charge in [-0.25, -0.2) is 9.69 Å². The second-order valence-corrected chi connectivity index (χ2v) is 4.36. The van der Waals surface area contributed by atoms with Crippen molar-refractivity contribution in [2.45, 2.75) is 26.1 Å². The maximum atomic E-state index is 10.7. The van der Waals surface area contributed by atoms with Crippen LogP contribution < -0.4 is 0 Å². The summed E-state index contributed by atoms with van der Waals surface area (Å²) in [7, 11) is 4.07. The summed E-state index contributed by atoms with van der Waals surface area (Å²) in [5.41, 5.74) is 0. The van der Waals surface area contributed by atoms with Crippen LogP contribution >= 0.6 is 0 Å². The lowest BCUT2D eigenvalue weighted by Crippen LogP contribution is -2.52. The Hall–Kier alpha value is -0.610. The van der Waals surface area contributed by atoms with Crippen molar-refractivity contribution >= 4 is 5.97 Å². The molecule has 4 heteroatoms. The Morgan fingerprint density at radius 3 is 2.46 bits per heavy atom. The van der Waals surface area contributed by atoms with Crippen LogP contribution in [0, 0.1) is 0 Å². The highest BCUT2D eigenvalue weighted by Gasteiger charge is 2.44. The molecule has 0 aliphatic carbocycles. The van der Waals surface area contributed by atoms with Crippen LogP contribution in [0.1, 0.15) is 13.8 Å². The van der Waals surface area contributed by atoms with Crippen molar-refractivity contribution in [3.05, 3.63) is 0 Å². The van der Waals surface area contributed by atoms with Crippen LogP contribution in [0.4, 0.5) is 0 Å². The van der Waals surface area contributed by atoms with E-state index in [4.69, 9.17) is 5.11 Å². The summed E-state index contributed by atoms with van der Waals surface area (Å²) in [4.78, 5) is 12.9. The molecule has 1 N–H and O–H groups in total. The Morgan fingerprint density at radius 2 is 2.15 bits per heavy atom. The Balaban J connectivity index is 2.75. The largest absolute Gasteiger partial charge is 0.477 e. The van der Waals surface area contributed by atoms with Gasteiger partial charge in [-0.1, -0.05) is 0 Å². The van der Waals surface area contributed by atoms with Gasteiger partial charge in [0.15, 0.2) is 6.54 Å². The number of likely N-dealkylation sites (N-methyl/N-ethyl adjacent to an activating group) is 2. The molecule has 4 nitrogen and oxygen atoms in total. The first-order chi connectivity index (χ1) is 5.87. The van der Waals surface area contributed by atoms with Crippen LogP contribution in [0.2, 0.25) is 0 Å². The first-order valence-corrected chi connectivity index (χ1v) is 4.65. The van der Waals surface area contributed by atoms with Gasteiger partial charge in [0.25, 0.3) is 0 Å². The second-order valence-electron chi connectivity index (χ2n) is 4.36. The van der Waals surface area contributed by atoms with Crippen molar-refractivity contribution in [3.8, 4) is 0 Å². The highest BCUT2D eigenvalue weighted by Crippen LogP contribution is 2.24. The van der Waals surface area contributed by atoms with Crippen LogP contribution in [-0.2, 0) is 4.79 Å². The van der Waals surface area contributed by atoms with Gasteiger partial charge >= 0.3 is 5.97 Å². The van der Waals surface area contributed by atoms with Crippen LogP contribution in [-0.4, -0.2) is 59.9 Å². The Labute approximate surface area is 79.3 Å². The molecule has 1 aliphatic heterocycles. The van der Waals surface area contributed by atoms with Crippen LogP contribution in [0.3, 0.4) is 0 Å². The average molecular weight is 187 g/mol. The summed E-state index contributed by atoms with van der Waals surface area (Å²) in [6, 6.07) is 0.472. The maximum Gasteiger partial charge on any atom is 0.359 e. The molecule has 0 saturated carbocycles. The Morgan fingerprint density at radius 1 is 1.62 bits per heavy atom. The van der Waals surface area contributed by atoms with E-state index in [0.29, 0.717) is 16.7 Å². The number of carboxylic acids is 1. The molecule has 1 fully saturated rings. The van der Waals surface area contributed by atoms with E-state index in [9.17, 15) is 4.79 Å². The quantitative estimate of drug-likeness (QED) is 0.628. The average Bonchev–Trinajstić information content (AvgIpc) is 2.14. The van der Waals surface area contributed by atoms with Crippen molar-refractivity contribution in [1.82, 2.24) is 4.90 Å². The number of carboxylic acid groups (broad SMARTS) is 1. The van der Waals surface area contributed by atoms with Crippen LogP contribution in [0.25, 0.3) is 0 Å². The molecule has 1 aliphatic rings. The van der Waals surface area contributed by atoms with Crippen molar-refractivity contribution in [3.63, 3.8) is 0 Å². The molecule has 76 valence electrons. The minimum Gasteiger partial charge on any atom is -0.477 e. The van der Waals surface area contributed by atoms with E-state index >= 15 is 0 Å². The fraction of sp³-hybridized carbons (Fsp3) is 0.889. The number of nitrogens with zero attached hydrogens (tertiary/aromatic N) is 2. The van der Waals surface area contributed by atoms with Gasteiger partial charge in [-0.15, -0.1) is 0 Å². The van der Waals surface area contributed by atoms with Gasteiger partial charge in [-0.05, 0) is 14.0 Å². The minimum atomic E-state index is -0.711. The molecular weight excluding hydrogens is 168 g/mol. The molecule has 3 atom stereocenters. The predicted molar refractivity (Wildman–Crippen MR) is 50.2 cm³/mol. The van der Waals surface area contributed by atoms with Crippen LogP contribution in [0.5, 0.6) is 0 Å². The van der Waals surface area contributed by atoms with Gasteiger partial charge in [0.2, 0.25) is 0 Å². The highest BCUT2D eigenvalue weighted by molar-refractivity contribution is 5.68. The van der Waals surface area contributed by atoms with E-state index in [1.807, 2.05) is 7.05 Å². The molecule has 0 spiro atoms. The van der Waals surface area contributed by atoms with Gasteiger partial charge in [-0.3, -0.25) is 0 Å². The van der Waals surface area contributed by atoms with Gasteiger partial charge in [0.1, 0.15) is 6.17 Å². The molecule has 0 aromatic carbocycles. The summed E-state index contributed by atoms with van der Waals surface area (Å²) in [5.74, 6) is -0.711. The maximum absolute atomic E-state index is 10.7. The topological polar surface area (TPSA) is 40.5 Å². The van der Waals surface area contributed by atoms with Gasteiger partial charge in [-0.2, -0.15) is 0 Å². The first-order valence-electron chi connectivity index (χ1n) is 4.65. The molecule has 0 bridgehead atoms. The number of carbonyl (C=O) groups is 1. The van der Waals surface area contributed by atoms with Gasteiger partial charge in [0.05, 0.1) is 19.6 Å². The number of hydrogen-bond acceptors (Lipinski definition) is 2. The standard InChI is InChI=1S/C9H18N2O2/c1-7-5-11(4,6-9(12)13)8(2)10(7)3/h7-8H,5-6H2,1-4H3/p+1. The van der Waals surface area contributed by atoms with E-state index < -0.39 is 5.97 Å². The normalized spacial score (nSPS) is 40.9. The third kappa shape index (κ3) is 1.84. The summed E-state index contributed by atoms with van der Waals surface area (Å²) in [6.45, 7) is 5.37. The smallest absolute Gasteiger partial charge is 0.359 e.